The van der Waals surface area contributed by atoms with E-state index in [2.05, 4.69) is 10.4 Å². The standard InChI is InChI=1S/C11H13N5O2/c1-15-11(12)8(7-14-15)6-13-9-3-2-4-10(5-9)16(17)18/h2-5,7,13H,6,12H2,1H3. The van der Waals surface area contributed by atoms with Gasteiger partial charge in [-0.1, -0.05) is 6.07 Å². The maximum Gasteiger partial charge on any atom is 0.271 e. The zero-order valence-corrected chi connectivity index (χ0v) is 9.83. The number of nitrogen functional groups attached to an aromatic ring is 1. The van der Waals surface area contributed by atoms with Crippen LogP contribution in [0.25, 0.3) is 0 Å². The van der Waals surface area contributed by atoms with Crippen LogP contribution in [-0.4, -0.2) is 14.7 Å². The molecular weight excluding hydrogens is 234 g/mol. The maximum atomic E-state index is 10.6. The molecule has 0 aliphatic heterocycles. The molecule has 2 aromatic rings. The number of benzene rings is 1. The van der Waals surface area contributed by atoms with Crippen LogP contribution in [0, 0.1) is 10.1 Å². The van der Waals surface area contributed by atoms with Crippen molar-refractivity contribution in [2.45, 2.75) is 6.54 Å². The quantitative estimate of drug-likeness (QED) is 0.630. The Balaban J connectivity index is 2.08. The monoisotopic (exact) mass is 247 g/mol. The average Bonchev–Trinajstić information content (AvgIpc) is 2.68. The smallest absolute Gasteiger partial charge is 0.271 e. The van der Waals surface area contributed by atoms with E-state index in [0.29, 0.717) is 18.1 Å². The first kappa shape index (κ1) is 11.9. The summed E-state index contributed by atoms with van der Waals surface area (Å²) in [7, 11) is 1.76. The number of hydrogen-bond donors (Lipinski definition) is 2. The molecule has 7 heteroatoms. The van der Waals surface area contributed by atoms with Gasteiger partial charge in [-0.15, -0.1) is 0 Å². The van der Waals surface area contributed by atoms with E-state index in [9.17, 15) is 10.1 Å². The lowest BCUT2D eigenvalue weighted by Gasteiger charge is -2.05. The van der Waals surface area contributed by atoms with Gasteiger partial charge < -0.3 is 11.1 Å². The van der Waals surface area contributed by atoms with E-state index in [4.69, 9.17) is 5.73 Å². The third kappa shape index (κ3) is 2.40. The Morgan fingerprint density at radius 1 is 1.56 bits per heavy atom. The van der Waals surface area contributed by atoms with E-state index in [1.807, 2.05) is 0 Å². The number of hydrogen-bond acceptors (Lipinski definition) is 5. The fourth-order valence-electron chi connectivity index (χ4n) is 1.56. The van der Waals surface area contributed by atoms with E-state index in [1.165, 1.54) is 12.1 Å². The second-order valence-electron chi connectivity index (χ2n) is 3.84. The van der Waals surface area contributed by atoms with Crippen LogP contribution in [0.2, 0.25) is 0 Å². The number of non-ortho nitro benzene ring substituents is 1. The second kappa shape index (κ2) is 4.74. The van der Waals surface area contributed by atoms with Crippen LogP contribution in [0.1, 0.15) is 5.56 Å². The first-order valence-electron chi connectivity index (χ1n) is 5.32. The van der Waals surface area contributed by atoms with E-state index in [-0.39, 0.29) is 5.69 Å². The minimum Gasteiger partial charge on any atom is -0.384 e. The molecule has 0 unspecified atom stereocenters. The van der Waals surface area contributed by atoms with Gasteiger partial charge in [0.2, 0.25) is 0 Å². The van der Waals surface area contributed by atoms with Gasteiger partial charge in [-0.05, 0) is 6.07 Å². The first-order chi connectivity index (χ1) is 8.58. The highest BCUT2D eigenvalue weighted by Crippen LogP contribution is 2.18. The van der Waals surface area contributed by atoms with Gasteiger partial charge in [0.15, 0.2) is 0 Å². The number of rotatable bonds is 4. The number of aromatic nitrogens is 2. The summed E-state index contributed by atoms with van der Waals surface area (Å²) in [4.78, 5) is 10.2. The van der Waals surface area contributed by atoms with Crippen molar-refractivity contribution in [1.29, 1.82) is 0 Å². The average molecular weight is 247 g/mol. The zero-order chi connectivity index (χ0) is 13.1. The molecule has 1 heterocycles. The van der Waals surface area contributed by atoms with Crippen LogP contribution in [0.5, 0.6) is 0 Å². The molecule has 0 aliphatic carbocycles. The van der Waals surface area contributed by atoms with Crippen molar-refractivity contribution >= 4 is 17.2 Å². The van der Waals surface area contributed by atoms with Crippen molar-refractivity contribution in [2.24, 2.45) is 7.05 Å². The molecule has 0 aliphatic rings. The molecule has 0 bridgehead atoms. The van der Waals surface area contributed by atoms with Crippen molar-refractivity contribution in [3.8, 4) is 0 Å². The summed E-state index contributed by atoms with van der Waals surface area (Å²) in [6.45, 7) is 0.473. The molecule has 0 fully saturated rings. The van der Waals surface area contributed by atoms with E-state index >= 15 is 0 Å². The van der Waals surface area contributed by atoms with Crippen molar-refractivity contribution < 1.29 is 4.92 Å². The lowest BCUT2D eigenvalue weighted by Crippen LogP contribution is -2.04. The third-order valence-corrected chi connectivity index (χ3v) is 2.60. The van der Waals surface area contributed by atoms with Crippen molar-refractivity contribution in [3.63, 3.8) is 0 Å². The number of nitrogens with zero attached hydrogens (tertiary/aromatic N) is 3. The van der Waals surface area contributed by atoms with E-state index < -0.39 is 4.92 Å². The minimum absolute atomic E-state index is 0.0548. The Bertz CT molecular complexity index is 579. The minimum atomic E-state index is -0.427. The lowest BCUT2D eigenvalue weighted by atomic mass is 10.2. The topological polar surface area (TPSA) is 99.0 Å². The van der Waals surface area contributed by atoms with Crippen LogP contribution in [0.3, 0.4) is 0 Å². The number of aryl methyl sites for hydroxylation is 1. The number of nitrogens with two attached hydrogens (primary N) is 1. The molecule has 0 spiro atoms. The predicted molar refractivity (Wildman–Crippen MR) is 68.0 cm³/mol. The summed E-state index contributed by atoms with van der Waals surface area (Å²) in [5, 5.41) is 17.7. The summed E-state index contributed by atoms with van der Waals surface area (Å²) < 4.78 is 1.57. The van der Waals surface area contributed by atoms with Crippen LogP contribution < -0.4 is 11.1 Å². The van der Waals surface area contributed by atoms with E-state index in [1.54, 1.807) is 30.1 Å². The van der Waals surface area contributed by atoms with Crippen molar-refractivity contribution in [2.75, 3.05) is 11.1 Å². The molecule has 0 amide bonds. The summed E-state index contributed by atoms with van der Waals surface area (Å²) in [6.07, 6.45) is 1.67. The summed E-state index contributed by atoms with van der Waals surface area (Å²) in [6, 6.07) is 6.32. The van der Waals surface area contributed by atoms with Gasteiger partial charge in [-0.3, -0.25) is 14.8 Å². The van der Waals surface area contributed by atoms with Gasteiger partial charge in [0.1, 0.15) is 5.82 Å². The second-order valence-corrected chi connectivity index (χ2v) is 3.84. The van der Waals surface area contributed by atoms with Crippen molar-refractivity contribution in [3.05, 3.63) is 46.1 Å². The molecule has 2 rings (SSSR count). The molecule has 0 saturated heterocycles. The summed E-state index contributed by atoms with van der Waals surface area (Å²) in [5.41, 5.74) is 7.38. The van der Waals surface area contributed by atoms with Gasteiger partial charge in [0.05, 0.1) is 11.1 Å². The first-order valence-corrected chi connectivity index (χ1v) is 5.32. The molecule has 0 saturated carbocycles. The van der Waals surface area contributed by atoms with Gasteiger partial charge in [-0.2, -0.15) is 5.10 Å². The van der Waals surface area contributed by atoms with Crippen molar-refractivity contribution in [1.82, 2.24) is 9.78 Å². The van der Waals surface area contributed by atoms with Crippen LogP contribution in [-0.2, 0) is 13.6 Å². The van der Waals surface area contributed by atoms with Gasteiger partial charge >= 0.3 is 0 Å². The molecule has 1 aromatic carbocycles. The fourth-order valence-corrected chi connectivity index (χ4v) is 1.56. The fraction of sp³-hybridized carbons (Fsp3) is 0.182. The normalized spacial score (nSPS) is 10.3. The number of anilines is 2. The molecule has 1 aromatic heterocycles. The Labute approximate surface area is 103 Å². The predicted octanol–water partition coefficient (Wildman–Crippen LogP) is 1.52. The molecule has 7 nitrogen and oxygen atoms in total. The van der Waals surface area contributed by atoms with Crippen LogP contribution >= 0.6 is 0 Å². The Hall–Kier alpha value is -2.57. The Morgan fingerprint density at radius 2 is 2.33 bits per heavy atom. The highest BCUT2D eigenvalue weighted by atomic mass is 16.6. The van der Waals surface area contributed by atoms with Gasteiger partial charge in [0, 0.05) is 37.0 Å². The number of nitrogens with one attached hydrogen (secondary N) is 1. The maximum absolute atomic E-state index is 10.6. The summed E-state index contributed by atoms with van der Waals surface area (Å²) >= 11 is 0. The lowest BCUT2D eigenvalue weighted by molar-refractivity contribution is -0.384. The molecule has 3 N–H and O–H groups in total. The largest absolute Gasteiger partial charge is 0.384 e. The Morgan fingerprint density at radius 3 is 2.94 bits per heavy atom. The van der Waals surface area contributed by atoms with Crippen LogP contribution in [0.15, 0.2) is 30.5 Å². The zero-order valence-electron chi connectivity index (χ0n) is 9.83. The molecular formula is C11H13N5O2. The highest BCUT2D eigenvalue weighted by Gasteiger charge is 2.07. The van der Waals surface area contributed by atoms with Gasteiger partial charge in [-0.25, -0.2) is 0 Å². The van der Waals surface area contributed by atoms with Crippen LogP contribution in [0.4, 0.5) is 17.2 Å². The number of nitro groups is 1. The number of nitro benzene ring substituents is 1. The molecule has 0 radical (unpaired) electrons. The molecule has 94 valence electrons. The van der Waals surface area contributed by atoms with E-state index in [0.717, 1.165) is 5.56 Å². The Kier molecular flexibility index (Phi) is 3.13. The summed E-state index contributed by atoms with van der Waals surface area (Å²) in [5.74, 6) is 0.577. The highest BCUT2D eigenvalue weighted by molar-refractivity contribution is 5.52. The SMILES string of the molecule is Cn1ncc(CNc2cccc([N+](=O)[O-])c2)c1N. The van der Waals surface area contributed by atoms with Gasteiger partial charge in [0.25, 0.3) is 5.69 Å². The molecule has 18 heavy (non-hydrogen) atoms. The molecule has 0 atom stereocenters. The third-order valence-electron chi connectivity index (χ3n) is 2.60.